The minimum absolute atomic E-state index is 0.657. The minimum Gasteiger partial charge on any atom is -0.314 e. The maximum absolute atomic E-state index is 4.61. The van der Waals surface area contributed by atoms with E-state index in [0.29, 0.717) is 6.04 Å². The maximum Gasteiger partial charge on any atom is 0.0629 e. The molecule has 0 amide bonds. The number of aryl methyl sites for hydroxylation is 2. The number of rotatable bonds is 3. The fourth-order valence-electron chi connectivity index (χ4n) is 2.86. The Labute approximate surface area is 105 Å². The van der Waals surface area contributed by atoms with Crippen molar-refractivity contribution in [3.8, 4) is 0 Å². The second-order valence-corrected chi connectivity index (χ2v) is 5.17. The number of aromatic nitrogens is 2. The summed E-state index contributed by atoms with van der Waals surface area (Å²) < 4.78 is 2.13. The SMILES string of the molecule is CCn1nc(C)c(CC2CCCCCN2)c1C. The molecule has 1 saturated heterocycles. The Morgan fingerprint density at radius 1 is 1.29 bits per heavy atom. The summed E-state index contributed by atoms with van der Waals surface area (Å²) in [5.74, 6) is 0. The van der Waals surface area contributed by atoms with Crippen LogP contribution < -0.4 is 5.32 Å². The molecule has 2 heterocycles. The van der Waals surface area contributed by atoms with Crippen LogP contribution >= 0.6 is 0 Å². The summed E-state index contributed by atoms with van der Waals surface area (Å²) in [4.78, 5) is 0. The Balaban J connectivity index is 2.09. The zero-order valence-corrected chi connectivity index (χ0v) is 11.4. The molecule has 1 aromatic rings. The molecule has 0 aromatic carbocycles. The first kappa shape index (κ1) is 12.6. The van der Waals surface area contributed by atoms with Crippen LogP contribution in [0.5, 0.6) is 0 Å². The summed E-state index contributed by atoms with van der Waals surface area (Å²) in [7, 11) is 0. The molecule has 0 saturated carbocycles. The van der Waals surface area contributed by atoms with Crippen LogP contribution in [0, 0.1) is 13.8 Å². The van der Waals surface area contributed by atoms with Crippen LogP contribution in [0.4, 0.5) is 0 Å². The zero-order valence-electron chi connectivity index (χ0n) is 11.4. The van der Waals surface area contributed by atoms with Crippen molar-refractivity contribution in [1.29, 1.82) is 0 Å². The van der Waals surface area contributed by atoms with Crippen LogP contribution in [-0.4, -0.2) is 22.4 Å². The van der Waals surface area contributed by atoms with E-state index in [0.717, 1.165) is 13.0 Å². The van der Waals surface area contributed by atoms with E-state index in [1.54, 1.807) is 0 Å². The predicted octanol–water partition coefficient (Wildman–Crippen LogP) is 2.59. The average Bonchev–Trinajstić information content (AvgIpc) is 2.53. The van der Waals surface area contributed by atoms with Gasteiger partial charge in [0.15, 0.2) is 0 Å². The molecule has 1 N–H and O–H groups in total. The molecule has 2 rings (SSSR count). The van der Waals surface area contributed by atoms with E-state index in [-0.39, 0.29) is 0 Å². The third-order valence-electron chi connectivity index (χ3n) is 3.94. The number of nitrogens with zero attached hydrogens (tertiary/aromatic N) is 2. The third-order valence-corrected chi connectivity index (χ3v) is 3.94. The predicted molar refractivity (Wildman–Crippen MR) is 71.3 cm³/mol. The molecule has 3 heteroatoms. The molecule has 0 aliphatic carbocycles. The fourth-order valence-corrected chi connectivity index (χ4v) is 2.86. The Kier molecular flexibility index (Phi) is 4.21. The van der Waals surface area contributed by atoms with Crippen molar-refractivity contribution in [2.24, 2.45) is 0 Å². The highest BCUT2D eigenvalue weighted by Gasteiger charge is 2.17. The van der Waals surface area contributed by atoms with Crippen LogP contribution in [-0.2, 0) is 13.0 Å². The van der Waals surface area contributed by atoms with Crippen molar-refractivity contribution < 1.29 is 0 Å². The van der Waals surface area contributed by atoms with E-state index in [4.69, 9.17) is 0 Å². The van der Waals surface area contributed by atoms with E-state index in [2.05, 4.69) is 35.9 Å². The van der Waals surface area contributed by atoms with Gasteiger partial charge in [0, 0.05) is 18.3 Å². The highest BCUT2D eigenvalue weighted by atomic mass is 15.3. The maximum atomic E-state index is 4.61. The molecule has 1 fully saturated rings. The number of hydrogen-bond donors (Lipinski definition) is 1. The van der Waals surface area contributed by atoms with Gasteiger partial charge in [-0.25, -0.2) is 0 Å². The van der Waals surface area contributed by atoms with Crippen molar-refractivity contribution in [3.05, 3.63) is 17.0 Å². The second kappa shape index (κ2) is 5.67. The highest BCUT2D eigenvalue weighted by Crippen LogP contribution is 2.18. The molecule has 1 aliphatic heterocycles. The van der Waals surface area contributed by atoms with Crippen LogP contribution in [0.1, 0.15) is 49.6 Å². The van der Waals surface area contributed by atoms with E-state index >= 15 is 0 Å². The monoisotopic (exact) mass is 235 g/mol. The van der Waals surface area contributed by atoms with Gasteiger partial charge in [0.25, 0.3) is 0 Å². The van der Waals surface area contributed by atoms with Crippen molar-refractivity contribution >= 4 is 0 Å². The van der Waals surface area contributed by atoms with Gasteiger partial charge in [0.2, 0.25) is 0 Å². The minimum atomic E-state index is 0.657. The topological polar surface area (TPSA) is 29.9 Å². The summed E-state index contributed by atoms with van der Waals surface area (Å²) in [6, 6.07) is 0.657. The summed E-state index contributed by atoms with van der Waals surface area (Å²) >= 11 is 0. The molecule has 96 valence electrons. The van der Waals surface area contributed by atoms with Gasteiger partial charge >= 0.3 is 0 Å². The average molecular weight is 235 g/mol. The molecule has 1 aliphatic rings. The lowest BCUT2D eigenvalue weighted by Gasteiger charge is -2.16. The van der Waals surface area contributed by atoms with Crippen molar-refractivity contribution in [2.45, 2.75) is 65.5 Å². The van der Waals surface area contributed by atoms with Gasteiger partial charge < -0.3 is 5.32 Å². The van der Waals surface area contributed by atoms with E-state index in [9.17, 15) is 0 Å². The van der Waals surface area contributed by atoms with Crippen LogP contribution in [0.15, 0.2) is 0 Å². The number of hydrogen-bond acceptors (Lipinski definition) is 2. The first-order valence-corrected chi connectivity index (χ1v) is 6.98. The first-order valence-electron chi connectivity index (χ1n) is 6.98. The van der Waals surface area contributed by atoms with Gasteiger partial charge in [-0.15, -0.1) is 0 Å². The Bertz CT molecular complexity index is 360. The lowest BCUT2D eigenvalue weighted by molar-refractivity contribution is 0.505. The number of nitrogens with one attached hydrogen (secondary N) is 1. The van der Waals surface area contributed by atoms with Crippen LogP contribution in [0.25, 0.3) is 0 Å². The van der Waals surface area contributed by atoms with Gasteiger partial charge in [-0.3, -0.25) is 4.68 Å². The van der Waals surface area contributed by atoms with Crippen molar-refractivity contribution in [3.63, 3.8) is 0 Å². The molecule has 1 atom stereocenters. The molecule has 0 radical (unpaired) electrons. The molecule has 1 aromatic heterocycles. The molecule has 17 heavy (non-hydrogen) atoms. The molecule has 0 spiro atoms. The van der Waals surface area contributed by atoms with E-state index < -0.39 is 0 Å². The summed E-state index contributed by atoms with van der Waals surface area (Å²) in [6.45, 7) is 8.67. The smallest absolute Gasteiger partial charge is 0.0629 e. The van der Waals surface area contributed by atoms with Gasteiger partial charge in [-0.1, -0.05) is 12.8 Å². The lowest BCUT2D eigenvalue weighted by Crippen LogP contribution is -2.30. The van der Waals surface area contributed by atoms with Gasteiger partial charge in [-0.2, -0.15) is 5.10 Å². The van der Waals surface area contributed by atoms with Gasteiger partial charge in [0.1, 0.15) is 0 Å². The highest BCUT2D eigenvalue weighted by molar-refractivity contribution is 5.25. The molecular weight excluding hydrogens is 210 g/mol. The van der Waals surface area contributed by atoms with Gasteiger partial charge in [-0.05, 0) is 52.1 Å². The quantitative estimate of drug-likeness (QED) is 0.872. The summed E-state index contributed by atoms with van der Waals surface area (Å²) in [5, 5.41) is 8.28. The summed E-state index contributed by atoms with van der Waals surface area (Å²) in [6.07, 6.45) is 6.56. The molecule has 1 unspecified atom stereocenters. The summed E-state index contributed by atoms with van der Waals surface area (Å²) in [5.41, 5.74) is 4.04. The zero-order chi connectivity index (χ0) is 12.3. The van der Waals surface area contributed by atoms with Crippen LogP contribution in [0.2, 0.25) is 0 Å². The van der Waals surface area contributed by atoms with Gasteiger partial charge in [0.05, 0.1) is 5.69 Å². The molecule has 3 nitrogen and oxygen atoms in total. The fraction of sp³-hybridized carbons (Fsp3) is 0.786. The first-order chi connectivity index (χ1) is 8.22. The second-order valence-electron chi connectivity index (χ2n) is 5.17. The normalized spacial score (nSPS) is 21.5. The van der Waals surface area contributed by atoms with Crippen molar-refractivity contribution in [1.82, 2.24) is 15.1 Å². The standard InChI is InChI=1S/C14H25N3/c1-4-17-12(3)14(11(2)16-17)10-13-8-6-5-7-9-15-13/h13,15H,4-10H2,1-3H3. The molecule has 0 bridgehead atoms. The Morgan fingerprint density at radius 2 is 2.12 bits per heavy atom. The largest absolute Gasteiger partial charge is 0.314 e. The molecular formula is C14H25N3. The van der Waals surface area contributed by atoms with E-state index in [1.165, 1.54) is 49.2 Å². The van der Waals surface area contributed by atoms with E-state index in [1.807, 2.05) is 0 Å². The Morgan fingerprint density at radius 3 is 2.82 bits per heavy atom. The van der Waals surface area contributed by atoms with Crippen LogP contribution in [0.3, 0.4) is 0 Å². The Hall–Kier alpha value is -0.830. The third kappa shape index (κ3) is 2.89. The van der Waals surface area contributed by atoms with Crippen molar-refractivity contribution in [2.75, 3.05) is 6.54 Å². The lowest BCUT2D eigenvalue weighted by atomic mass is 10.0.